The summed E-state index contributed by atoms with van der Waals surface area (Å²) in [7, 11) is 0. The molecule has 0 spiro atoms. The maximum atomic E-state index is 5.39. The van der Waals surface area contributed by atoms with Crippen LogP contribution in [0.15, 0.2) is 194 Å². The van der Waals surface area contributed by atoms with E-state index in [1.54, 1.807) is 0 Å². The molecule has 0 aliphatic heterocycles. The fourth-order valence-electron chi connectivity index (χ4n) is 7.49. The second-order valence-corrected chi connectivity index (χ2v) is 13.2. The van der Waals surface area contributed by atoms with Gasteiger partial charge in [0.25, 0.3) is 0 Å². The summed E-state index contributed by atoms with van der Waals surface area (Å²) in [6, 6.07) is 67.7. The van der Waals surface area contributed by atoms with Crippen LogP contribution in [-0.2, 0) is 0 Å². The van der Waals surface area contributed by atoms with E-state index in [1.807, 2.05) is 12.1 Å². The van der Waals surface area contributed by atoms with E-state index in [9.17, 15) is 0 Å². The van der Waals surface area contributed by atoms with Gasteiger partial charge in [-0.1, -0.05) is 158 Å². The minimum absolute atomic E-state index is 0.663. The molecule has 0 unspecified atom stereocenters. The molecule has 0 aliphatic rings. The summed E-state index contributed by atoms with van der Waals surface area (Å²) in [5.41, 5.74) is 13.3. The normalized spacial score (nSPS) is 11.4. The predicted molar refractivity (Wildman–Crippen MR) is 219 cm³/mol. The summed E-state index contributed by atoms with van der Waals surface area (Å²) in [6.07, 6.45) is 0. The lowest BCUT2D eigenvalue weighted by atomic mass is 10.0. The van der Waals surface area contributed by atoms with Crippen molar-refractivity contribution in [2.45, 2.75) is 0 Å². The van der Waals surface area contributed by atoms with Crippen LogP contribution < -0.4 is 0 Å². The lowest BCUT2D eigenvalue weighted by Crippen LogP contribution is -1.98. The average Bonchev–Trinajstić information content (AvgIpc) is 3.60. The van der Waals surface area contributed by atoms with Crippen LogP contribution in [0.1, 0.15) is 0 Å². The number of hydrogen-bond donors (Lipinski definition) is 0. The molecule has 0 atom stereocenters. The summed E-state index contributed by atoms with van der Waals surface area (Å²) < 4.78 is 2.36. The molecule has 10 aromatic rings. The van der Waals surface area contributed by atoms with Gasteiger partial charge in [0.2, 0.25) is 0 Å². The first-order valence-electron chi connectivity index (χ1n) is 17.9. The quantitative estimate of drug-likeness (QED) is 0.176. The number of rotatable bonds is 6. The smallest absolute Gasteiger partial charge is 0.160 e. The van der Waals surface area contributed by atoms with Gasteiger partial charge in [-0.2, -0.15) is 0 Å². The van der Waals surface area contributed by atoms with Crippen molar-refractivity contribution >= 4 is 32.7 Å². The van der Waals surface area contributed by atoms with E-state index in [4.69, 9.17) is 15.0 Å². The summed E-state index contributed by atoms with van der Waals surface area (Å²) >= 11 is 0. The first-order valence-corrected chi connectivity index (χ1v) is 17.9. The molecule has 3 aromatic heterocycles. The Morgan fingerprint density at radius 3 is 1.62 bits per heavy atom. The fourth-order valence-corrected chi connectivity index (χ4v) is 7.49. The summed E-state index contributed by atoms with van der Waals surface area (Å²) in [4.78, 5) is 15.8. The Labute approximate surface area is 307 Å². The molecule has 248 valence electrons. The third kappa shape index (κ3) is 5.45. The largest absolute Gasteiger partial charge is 0.307 e. The number of benzene rings is 7. The molecule has 0 fully saturated rings. The molecule has 53 heavy (non-hydrogen) atoms. The zero-order valence-corrected chi connectivity index (χ0v) is 28.8. The third-order valence-corrected chi connectivity index (χ3v) is 10.00. The molecule has 0 amide bonds. The van der Waals surface area contributed by atoms with Gasteiger partial charge in [-0.05, 0) is 47.5 Å². The van der Waals surface area contributed by atoms with Gasteiger partial charge in [-0.3, -0.25) is 0 Å². The van der Waals surface area contributed by atoms with Gasteiger partial charge >= 0.3 is 0 Å². The molecule has 4 heteroatoms. The highest BCUT2D eigenvalue weighted by molar-refractivity contribution is 6.23. The van der Waals surface area contributed by atoms with Gasteiger partial charge in [-0.15, -0.1) is 0 Å². The molecule has 4 nitrogen and oxygen atoms in total. The second kappa shape index (κ2) is 12.9. The van der Waals surface area contributed by atoms with Crippen LogP contribution >= 0.6 is 0 Å². The highest BCUT2D eigenvalue weighted by atomic mass is 15.0. The Morgan fingerprint density at radius 2 is 0.887 bits per heavy atom. The van der Waals surface area contributed by atoms with Crippen molar-refractivity contribution in [3.8, 4) is 62.0 Å². The molecule has 0 saturated heterocycles. The summed E-state index contributed by atoms with van der Waals surface area (Å²) in [6.45, 7) is 0. The Hall–Kier alpha value is -7.17. The lowest BCUT2D eigenvalue weighted by molar-refractivity contribution is 1.17. The Balaban J connectivity index is 1.18. The van der Waals surface area contributed by atoms with Crippen LogP contribution in [0.5, 0.6) is 0 Å². The number of hydrogen-bond acceptors (Lipinski definition) is 3. The zero-order valence-electron chi connectivity index (χ0n) is 28.8. The number of aromatic nitrogens is 4. The van der Waals surface area contributed by atoms with E-state index in [-0.39, 0.29) is 0 Å². The highest BCUT2D eigenvalue weighted by Gasteiger charge is 2.21. The highest BCUT2D eigenvalue weighted by Crippen LogP contribution is 2.41. The standard InChI is InChI=1S/C49H32N4/c1-4-15-33(16-5-1)34-27-29-36(30-28-34)44-32-43(35-17-6-2-7-18-35)51-49(52-44)38-20-14-19-37(31-38)47-48-46(40-23-10-12-25-42(40)50-47)41-24-11-13-26-45(41)53(48)39-21-8-3-9-22-39/h1-32H. The zero-order chi connectivity index (χ0) is 35.1. The third-order valence-electron chi connectivity index (χ3n) is 10.00. The van der Waals surface area contributed by atoms with Gasteiger partial charge in [-0.25, -0.2) is 15.0 Å². The van der Waals surface area contributed by atoms with Crippen LogP contribution in [0.3, 0.4) is 0 Å². The summed E-state index contributed by atoms with van der Waals surface area (Å²) in [5.74, 6) is 0.663. The molecule has 0 N–H and O–H groups in total. The van der Waals surface area contributed by atoms with E-state index >= 15 is 0 Å². The van der Waals surface area contributed by atoms with Crippen LogP contribution in [0, 0.1) is 0 Å². The molecule has 0 aliphatic carbocycles. The van der Waals surface area contributed by atoms with Crippen LogP contribution in [0.2, 0.25) is 0 Å². The van der Waals surface area contributed by atoms with E-state index < -0.39 is 0 Å². The molecule has 3 heterocycles. The predicted octanol–water partition coefficient (Wildman–Crippen LogP) is 12.5. The number of nitrogens with zero attached hydrogens (tertiary/aromatic N) is 4. The van der Waals surface area contributed by atoms with Gasteiger partial charge in [0, 0.05) is 44.1 Å². The van der Waals surface area contributed by atoms with E-state index in [2.05, 4.69) is 187 Å². The van der Waals surface area contributed by atoms with Crippen molar-refractivity contribution in [1.29, 1.82) is 0 Å². The topological polar surface area (TPSA) is 43.6 Å². The minimum atomic E-state index is 0.663. The Morgan fingerprint density at radius 1 is 0.358 bits per heavy atom. The van der Waals surface area contributed by atoms with Crippen LogP contribution in [0.4, 0.5) is 0 Å². The first-order chi connectivity index (χ1) is 26.3. The van der Waals surface area contributed by atoms with E-state index in [0.29, 0.717) is 5.82 Å². The molecule has 0 saturated carbocycles. The van der Waals surface area contributed by atoms with Gasteiger partial charge < -0.3 is 4.57 Å². The first kappa shape index (κ1) is 30.6. The van der Waals surface area contributed by atoms with Crippen LogP contribution in [-0.4, -0.2) is 19.5 Å². The Kier molecular flexibility index (Phi) is 7.43. The molecule has 0 radical (unpaired) electrons. The second-order valence-electron chi connectivity index (χ2n) is 13.2. The monoisotopic (exact) mass is 676 g/mol. The van der Waals surface area contributed by atoms with Crippen molar-refractivity contribution in [2.75, 3.05) is 0 Å². The van der Waals surface area contributed by atoms with Gasteiger partial charge in [0.05, 0.1) is 33.6 Å². The minimum Gasteiger partial charge on any atom is -0.307 e. The van der Waals surface area contributed by atoms with Crippen molar-refractivity contribution in [3.63, 3.8) is 0 Å². The van der Waals surface area contributed by atoms with E-state index in [0.717, 1.165) is 67.0 Å². The maximum absolute atomic E-state index is 5.39. The molecule has 10 rings (SSSR count). The van der Waals surface area contributed by atoms with Gasteiger partial charge in [0.15, 0.2) is 5.82 Å². The average molecular weight is 677 g/mol. The van der Waals surface area contributed by atoms with Crippen molar-refractivity contribution in [3.05, 3.63) is 194 Å². The fraction of sp³-hybridized carbons (Fsp3) is 0. The molecule has 0 bridgehead atoms. The van der Waals surface area contributed by atoms with Crippen molar-refractivity contribution in [1.82, 2.24) is 19.5 Å². The SMILES string of the molecule is c1ccc(-c2ccc(-c3cc(-c4ccccc4)nc(-c4cccc(-c5nc6ccccc6c6c7ccccc7n(-c7ccccc7)c56)c4)n3)cc2)cc1. The summed E-state index contributed by atoms with van der Waals surface area (Å²) in [5, 5.41) is 3.53. The van der Waals surface area contributed by atoms with Crippen molar-refractivity contribution < 1.29 is 0 Å². The van der Waals surface area contributed by atoms with E-state index in [1.165, 1.54) is 21.9 Å². The number of pyridine rings is 1. The lowest BCUT2D eigenvalue weighted by Gasteiger charge is -2.14. The number of fused-ring (bicyclic) bond motifs is 5. The number of para-hydroxylation sites is 3. The van der Waals surface area contributed by atoms with Crippen LogP contribution in [0.25, 0.3) is 94.7 Å². The molecular formula is C49H32N4. The van der Waals surface area contributed by atoms with Crippen molar-refractivity contribution in [2.24, 2.45) is 0 Å². The maximum Gasteiger partial charge on any atom is 0.160 e. The molecular weight excluding hydrogens is 645 g/mol. The molecule has 7 aromatic carbocycles. The Bertz CT molecular complexity index is 2910. The van der Waals surface area contributed by atoms with Gasteiger partial charge in [0.1, 0.15) is 0 Å².